The third kappa shape index (κ3) is 2.34. The average Bonchev–Trinajstić information content (AvgIpc) is 2.01. The highest BCUT2D eigenvalue weighted by Crippen LogP contribution is 2.28. The topological polar surface area (TPSA) is 12.9 Å². The molecule has 0 saturated heterocycles. The number of pyridine rings is 1. The van der Waals surface area contributed by atoms with Gasteiger partial charge in [0.15, 0.2) is 0 Å². The molecule has 0 saturated carbocycles. The summed E-state index contributed by atoms with van der Waals surface area (Å²) in [5, 5.41) is -0.0115. The molecule has 0 atom stereocenters. The van der Waals surface area contributed by atoms with Crippen molar-refractivity contribution in [3.8, 4) is 0 Å². The standard InChI is InChI=1S/C7H4BrClF3N/c8-2-3-1-4(9)13-7(12)5(3)6(10)11/h1,6H,2H2. The maximum absolute atomic E-state index is 12.9. The van der Waals surface area contributed by atoms with Crippen molar-refractivity contribution in [1.82, 2.24) is 4.98 Å². The maximum Gasteiger partial charge on any atom is 0.268 e. The first-order valence-corrected chi connectivity index (χ1v) is 4.75. The lowest BCUT2D eigenvalue weighted by molar-refractivity contribution is 0.144. The van der Waals surface area contributed by atoms with E-state index >= 15 is 0 Å². The molecule has 0 unspecified atom stereocenters. The van der Waals surface area contributed by atoms with Crippen LogP contribution in [0.3, 0.4) is 0 Å². The summed E-state index contributed by atoms with van der Waals surface area (Å²) in [6.07, 6.45) is -2.88. The van der Waals surface area contributed by atoms with Gasteiger partial charge in [-0.25, -0.2) is 13.8 Å². The molecule has 0 spiro atoms. The highest BCUT2D eigenvalue weighted by molar-refractivity contribution is 9.08. The molecule has 72 valence electrons. The van der Waals surface area contributed by atoms with Gasteiger partial charge in [0, 0.05) is 5.33 Å². The van der Waals surface area contributed by atoms with Crippen LogP contribution in [0.1, 0.15) is 17.6 Å². The van der Waals surface area contributed by atoms with Gasteiger partial charge < -0.3 is 0 Å². The Kier molecular flexibility index (Phi) is 3.55. The van der Waals surface area contributed by atoms with Gasteiger partial charge in [-0.3, -0.25) is 0 Å². The summed E-state index contributed by atoms with van der Waals surface area (Å²) in [7, 11) is 0. The second kappa shape index (κ2) is 4.28. The molecule has 1 rings (SSSR count). The molecule has 0 amide bonds. The number of alkyl halides is 3. The van der Waals surface area contributed by atoms with Crippen LogP contribution < -0.4 is 0 Å². The summed E-state index contributed by atoms with van der Waals surface area (Å²) in [5.74, 6) is -1.21. The molecule has 1 aromatic rings. The van der Waals surface area contributed by atoms with E-state index in [1.807, 2.05) is 0 Å². The van der Waals surface area contributed by atoms with Crippen LogP contribution in [0.15, 0.2) is 6.07 Å². The predicted molar refractivity (Wildman–Crippen MR) is 46.8 cm³/mol. The summed E-state index contributed by atoms with van der Waals surface area (Å²) in [5.41, 5.74) is -0.575. The third-order valence-corrected chi connectivity index (χ3v) is 2.23. The van der Waals surface area contributed by atoms with Crippen molar-refractivity contribution in [1.29, 1.82) is 0 Å². The summed E-state index contributed by atoms with van der Waals surface area (Å²) in [6, 6.07) is 1.21. The van der Waals surface area contributed by atoms with Gasteiger partial charge in [-0.1, -0.05) is 27.5 Å². The van der Waals surface area contributed by atoms with Gasteiger partial charge >= 0.3 is 0 Å². The molecule has 1 nitrogen and oxygen atoms in total. The molecule has 0 aliphatic carbocycles. The zero-order chi connectivity index (χ0) is 10.0. The van der Waals surface area contributed by atoms with Crippen LogP contribution in [-0.2, 0) is 5.33 Å². The van der Waals surface area contributed by atoms with Gasteiger partial charge in [0.1, 0.15) is 5.15 Å². The summed E-state index contributed by atoms with van der Waals surface area (Å²) < 4.78 is 37.4. The van der Waals surface area contributed by atoms with Gasteiger partial charge in [-0.05, 0) is 11.6 Å². The average molecular weight is 274 g/mol. The molecule has 13 heavy (non-hydrogen) atoms. The second-order valence-corrected chi connectivity index (χ2v) is 3.19. The van der Waals surface area contributed by atoms with Crippen LogP contribution in [0.25, 0.3) is 0 Å². The Bertz CT molecular complexity index is 319. The van der Waals surface area contributed by atoms with Crippen LogP contribution in [0.2, 0.25) is 5.15 Å². The third-order valence-electron chi connectivity index (χ3n) is 1.43. The van der Waals surface area contributed by atoms with Crippen LogP contribution in [-0.4, -0.2) is 4.98 Å². The van der Waals surface area contributed by atoms with Crippen molar-refractivity contribution in [2.45, 2.75) is 11.8 Å². The fourth-order valence-corrected chi connectivity index (χ4v) is 1.55. The molecule has 1 heterocycles. The Balaban J connectivity index is 3.30. The quantitative estimate of drug-likeness (QED) is 0.592. The molecule has 0 aliphatic rings. The van der Waals surface area contributed by atoms with Crippen LogP contribution >= 0.6 is 27.5 Å². The van der Waals surface area contributed by atoms with E-state index in [0.717, 1.165) is 0 Å². The minimum absolute atomic E-state index is 0.117. The molecule has 0 bridgehead atoms. The van der Waals surface area contributed by atoms with Crippen LogP contribution in [0.4, 0.5) is 13.2 Å². The molecule has 0 N–H and O–H groups in total. The smallest absolute Gasteiger partial charge is 0.207 e. The minimum Gasteiger partial charge on any atom is -0.207 e. The highest BCUT2D eigenvalue weighted by atomic mass is 79.9. The molecule has 0 aromatic carbocycles. The zero-order valence-corrected chi connectivity index (χ0v) is 8.54. The number of hydrogen-bond donors (Lipinski definition) is 0. The lowest BCUT2D eigenvalue weighted by atomic mass is 10.2. The monoisotopic (exact) mass is 273 g/mol. The van der Waals surface area contributed by atoms with E-state index in [2.05, 4.69) is 20.9 Å². The molecular weight excluding hydrogens is 270 g/mol. The Labute approximate surface area is 86.0 Å². The van der Waals surface area contributed by atoms with Crippen LogP contribution in [0.5, 0.6) is 0 Å². The van der Waals surface area contributed by atoms with E-state index < -0.39 is 17.9 Å². The van der Waals surface area contributed by atoms with Crippen molar-refractivity contribution < 1.29 is 13.2 Å². The summed E-state index contributed by atoms with van der Waals surface area (Å²) in [4.78, 5) is 3.10. The highest BCUT2D eigenvalue weighted by Gasteiger charge is 2.19. The van der Waals surface area contributed by atoms with Gasteiger partial charge in [-0.15, -0.1) is 0 Å². The second-order valence-electron chi connectivity index (χ2n) is 2.24. The Morgan fingerprint density at radius 2 is 2.15 bits per heavy atom. The van der Waals surface area contributed by atoms with Crippen molar-refractivity contribution >= 4 is 27.5 Å². The number of nitrogens with zero attached hydrogens (tertiary/aromatic N) is 1. The van der Waals surface area contributed by atoms with Crippen LogP contribution in [0, 0.1) is 5.95 Å². The van der Waals surface area contributed by atoms with E-state index in [4.69, 9.17) is 11.6 Å². The van der Waals surface area contributed by atoms with E-state index in [9.17, 15) is 13.2 Å². The van der Waals surface area contributed by atoms with Gasteiger partial charge in [0.05, 0.1) is 5.56 Å². The Hall–Kier alpha value is -0.290. The van der Waals surface area contributed by atoms with E-state index in [0.29, 0.717) is 0 Å². The first kappa shape index (κ1) is 10.8. The van der Waals surface area contributed by atoms with Gasteiger partial charge in [0.2, 0.25) is 5.95 Å². The van der Waals surface area contributed by atoms with Gasteiger partial charge in [0.25, 0.3) is 6.43 Å². The molecule has 1 aromatic heterocycles. The van der Waals surface area contributed by atoms with Gasteiger partial charge in [-0.2, -0.15) is 4.39 Å². The Morgan fingerprint density at radius 1 is 1.54 bits per heavy atom. The number of aromatic nitrogens is 1. The zero-order valence-electron chi connectivity index (χ0n) is 6.20. The first-order chi connectivity index (χ1) is 6.06. The summed E-state index contributed by atoms with van der Waals surface area (Å²) >= 11 is 8.35. The Morgan fingerprint density at radius 3 is 2.62 bits per heavy atom. The molecule has 0 aliphatic heterocycles. The SMILES string of the molecule is Fc1nc(Cl)cc(CBr)c1C(F)F. The summed E-state index contributed by atoms with van der Waals surface area (Å²) in [6.45, 7) is 0. The maximum atomic E-state index is 12.9. The largest absolute Gasteiger partial charge is 0.268 e. The molecule has 0 radical (unpaired) electrons. The lowest BCUT2D eigenvalue weighted by Gasteiger charge is -2.06. The van der Waals surface area contributed by atoms with E-state index in [1.54, 1.807) is 0 Å². The molecular formula is C7H4BrClF3N. The number of hydrogen-bond acceptors (Lipinski definition) is 1. The van der Waals surface area contributed by atoms with Crippen molar-refractivity contribution in [3.05, 3.63) is 28.3 Å². The number of halogens is 5. The first-order valence-electron chi connectivity index (χ1n) is 3.25. The fraction of sp³-hybridized carbons (Fsp3) is 0.286. The van der Waals surface area contributed by atoms with Crippen molar-refractivity contribution in [3.63, 3.8) is 0 Å². The van der Waals surface area contributed by atoms with E-state index in [-0.39, 0.29) is 16.0 Å². The fourth-order valence-electron chi connectivity index (χ4n) is 0.881. The van der Waals surface area contributed by atoms with Crippen molar-refractivity contribution in [2.75, 3.05) is 0 Å². The van der Waals surface area contributed by atoms with Crippen molar-refractivity contribution in [2.24, 2.45) is 0 Å². The predicted octanol–water partition coefficient (Wildman–Crippen LogP) is 3.71. The lowest BCUT2D eigenvalue weighted by Crippen LogP contribution is -2.00. The minimum atomic E-state index is -2.88. The van der Waals surface area contributed by atoms with E-state index in [1.165, 1.54) is 6.07 Å². The molecule has 0 fully saturated rings. The normalized spacial score (nSPS) is 10.9. The number of rotatable bonds is 2. The molecule has 6 heteroatoms.